The van der Waals surface area contributed by atoms with Gasteiger partial charge in [0.1, 0.15) is 5.60 Å². The summed E-state index contributed by atoms with van der Waals surface area (Å²) in [6.07, 6.45) is -1.99. The lowest BCUT2D eigenvalue weighted by molar-refractivity contribution is -0.0272. The fourth-order valence-electron chi connectivity index (χ4n) is 2.06. The molecule has 2 rings (SSSR count). The highest BCUT2D eigenvalue weighted by Crippen LogP contribution is 2.17. The second-order valence-electron chi connectivity index (χ2n) is 6.03. The second-order valence-corrected chi connectivity index (χ2v) is 6.03. The Morgan fingerprint density at radius 3 is 2.52 bits per heavy atom. The number of benzene rings is 1. The molecule has 116 valence electrons. The van der Waals surface area contributed by atoms with Gasteiger partial charge in [-0.2, -0.15) is 0 Å². The van der Waals surface area contributed by atoms with Crippen LogP contribution in [-0.2, 0) is 4.74 Å². The van der Waals surface area contributed by atoms with Crippen molar-refractivity contribution in [3.63, 3.8) is 0 Å². The first kappa shape index (κ1) is 15.6. The molecule has 0 bridgehead atoms. The van der Waals surface area contributed by atoms with Crippen LogP contribution in [0.1, 0.15) is 20.8 Å². The fraction of sp³-hybridized carbons (Fsp3) is 0.533. The Hall–Kier alpha value is -1.82. The SMILES string of the molecule is CC(C)(C)OC(=O)N1CCN(Nc2ccccc2)CC1F. The zero-order valence-corrected chi connectivity index (χ0v) is 12.7. The van der Waals surface area contributed by atoms with Crippen molar-refractivity contribution < 1.29 is 13.9 Å². The maximum Gasteiger partial charge on any atom is 0.412 e. The third kappa shape index (κ3) is 4.60. The van der Waals surface area contributed by atoms with Crippen LogP contribution < -0.4 is 5.43 Å². The summed E-state index contributed by atoms with van der Waals surface area (Å²) in [4.78, 5) is 13.0. The van der Waals surface area contributed by atoms with Gasteiger partial charge in [-0.3, -0.25) is 4.90 Å². The van der Waals surface area contributed by atoms with Gasteiger partial charge in [-0.05, 0) is 32.9 Å². The minimum atomic E-state index is -1.38. The number of amides is 1. The number of nitrogens with one attached hydrogen (secondary N) is 1. The Kier molecular flexibility index (Phi) is 4.67. The van der Waals surface area contributed by atoms with Crippen LogP contribution in [0.5, 0.6) is 0 Å². The molecule has 0 radical (unpaired) electrons. The van der Waals surface area contributed by atoms with Gasteiger partial charge in [0.05, 0.1) is 6.54 Å². The van der Waals surface area contributed by atoms with E-state index in [-0.39, 0.29) is 13.1 Å². The third-order valence-electron chi connectivity index (χ3n) is 3.01. The van der Waals surface area contributed by atoms with Gasteiger partial charge < -0.3 is 10.2 Å². The molecule has 6 heteroatoms. The number of anilines is 1. The average molecular weight is 295 g/mol. The van der Waals surface area contributed by atoms with E-state index in [4.69, 9.17) is 4.74 Å². The standard InChI is InChI=1S/C15H22FN3O2/c1-15(2,3)21-14(20)19-10-9-18(11-13(19)16)17-12-7-5-4-6-8-12/h4-8,13,17H,9-11H2,1-3H3. The molecule has 0 spiro atoms. The molecule has 0 saturated carbocycles. The van der Waals surface area contributed by atoms with Crippen molar-refractivity contribution in [2.24, 2.45) is 0 Å². The van der Waals surface area contributed by atoms with Crippen LogP contribution in [0.4, 0.5) is 14.9 Å². The van der Waals surface area contributed by atoms with Crippen molar-refractivity contribution in [1.82, 2.24) is 9.91 Å². The number of nitrogens with zero attached hydrogens (tertiary/aromatic N) is 2. The number of hydrogen-bond donors (Lipinski definition) is 1. The monoisotopic (exact) mass is 295 g/mol. The van der Waals surface area contributed by atoms with Crippen LogP contribution in [0.15, 0.2) is 30.3 Å². The van der Waals surface area contributed by atoms with Gasteiger partial charge in [-0.15, -0.1) is 0 Å². The second kappa shape index (κ2) is 6.30. The number of carbonyl (C=O) groups excluding carboxylic acids is 1. The number of rotatable bonds is 2. The lowest BCUT2D eigenvalue weighted by Gasteiger charge is -2.38. The van der Waals surface area contributed by atoms with E-state index in [0.717, 1.165) is 10.6 Å². The van der Waals surface area contributed by atoms with Crippen LogP contribution in [0.3, 0.4) is 0 Å². The van der Waals surface area contributed by atoms with Gasteiger partial charge >= 0.3 is 6.09 Å². The van der Waals surface area contributed by atoms with Crippen LogP contribution in [-0.4, -0.2) is 47.5 Å². The van der Waals surface area contributed by atoms with E-state index in [1.807, 2.05) is 30.3 Å². The number of ether oxygens (including phenoxy) is 1. The van der Waals surface area contributed by atoms with Gasteiger partial charge in [0.25, 0.3) is 0 Å². The number of para-hydroxylation sites is 1. The molecule has 1 heterocycles. The molecular formula is C15H22FN3O2. The number of alkyl halides is 1. The molecule has 1 unspecified atom stereocenters. The first-order valence-corrected chi connectivity index (χ1v) is 7.05. The molecule has 0 aliphatic carbocycles. The summed E-state index contributed by atoms with van der Waals surface area (Å²) in [7, 11) is 0. The van der Waals surface area contributed by atoms with Crippen LogP contribution in [0.25, 0.3) is 0 Å². The van der Waals surface area contributed by atoms with Crippen LogP contribution >= 0.6 is 0 Å². The Labute approximate surface area is 124 Å². The minimum absolute atomic E-state index is 0.105. The van der Waals surface area contributed by atoms with Gasteiger partial charge in [-0.1, -0.05) is 18.2 Å². The molecule has 21 heavy (non-hydrogen) atoms. The summed E-state index contributed by atoms with van der Waals surface area (Å²) >= 11 is 0. The van der Waals surface area contributed by atoms with Crippen LogP contribution in [0, 0.1) is 0 Å². The Morgan fingerprint density at radius 1 is 1.29 bits per heavy atom. The van der Waals surface area contributed by atoms with Crippen molar-refractivity contribution >= 4 is 11.8 Å². The van der Waals surface area contributed by atoms with E-state index in [2.05, 4.69) is 5.43 Å². The fourth-order valence-corrected chi connectivity index (χ4v) is 2.06. The molecule has 1 atom stereocenters. The summed E-state index contributed by atoms with van der Waals surface area (Å²) in [6, 6.07) is 9.56. The van der Waals surface area contributed by atoms with E-state index >= 15 is 0 Å². The van der Waals surface area contributed by atoms with Crippen molar-refractivity contribution in [3.05, 3.63) is 30.3 Å². The molecule has 1 aliphatic rings. The summed E-state index contributed by atoms with van der Waals surface area (Å²) in [6.45, 7) is 6.24. The van der Waals surface area contributed by atoms with Crippen molar-refractivity contribution in [2.75, 3.05) is 25.1 Å². The highest BCUT2D eigenvalue weighted by atomic mass is 19.1. The molecule has 1 aromatic rings. The smallest absolute Gasteiger partial charge is 0.412 e. The first-order chi connectivity index (χ1) is 9.85. The molecule has 1 aromatic carbocycles. The first-order valence-electron chi connectivity index (χ1n) is 7.05. The van der Waals surface area contributed by atoms with Gasteiger partial charge in [0, 0.05) is 18.8 Å². The highest BCUT2D eigenvalue weighted by molar-refractivity contribution is 5.68. The summed E-state index contributed by atoms with van der Waals surface area (Å²) in [5, 5.41) is 1.76. The van der Waals surface area contributed by atoms with Gasteiger partial charge in [-0.25, -0.2) is 14.2 Å². The molecule has 1 amide bonds. The Balaban J connectivity index is 1.89. The maximum atomic E-state index is 14.2. The molecule has 1 saturated heterocycles. The Morgan fingerprint density at radius 2 is 1.95 bits per heavy atom. The van der Waals surface area contributed by atoms with E-state index < -0.39 is 18.0 Å². The predicted octanol–water partition coefficient (Wildman–Crippen LogP) is 2.86. The molecule has 5 nitrogen and oxygen atoms in total. The summed E-state index contributed by atoms with van der Waals surface area (Å²) < 4.78 is 19.4. The lowest BCUT2D eigenvalue weighted by Crippen LogP contribution is -2.55. The number of hydrogen-bond acceptors (Lipinski definition) is 4. The molecule has 1 fully saturated rings. The van der Waals surface area contributed by atoms with Crippen molar-refractivity contribution in [2.45, 2.75) is 32.7 Å². The number of piperazine rings is 1. The van der Waals surface area contributed by atoms with E-state index in [9.17, 15) is 9.18 Å². The van der Waals surface area contributed by atoms with E-state index in [0.29, 0.717) is 6.54 Å². The average Bonchev–Trinajstić information content (AvgIpc) is 2.37. The van der Waals surface area contributed by atoms with Crippen molar-refractivity contribution in [3.8, 4) is 0 Å². The largest absolute Gasteiger partial charge is 0.444 e. The maximum absolute atomic E-state index is 14.2. The zero-order chi connectivity index (χ0) is 15.5. The lowest BCUT2D eigenvalue weighted by atomic mass is 10.2. The Bertz CT molecular complexity index is 476. The van der Waals surface area contributed by atoms with E-state index in [1.165, 1.54) is 0 Å². The number of halogens is 1. The van der Waals surface area contributed by atoms with Gasteiger partial charge in [0.15, 0.2) is 6.30 Å². The number of carbonyl (C=O) groups is 1. The van der Waals surface area contributed by atoms with Crippen molar-refractivity contribution in [1.29, 1.82) is 0 Å². The minimum Gasteiger partial charge on any atom is -0.444 e. The number of hydrazine groups is 1. The topological polar surface area (TPSA) is 44.8 Å². The van der Waals surface area contributed by atoms with E-state index in [1.54, 1.807) is 25.8 Å². The highest BCUT2D eigenvalue weighted by Gasteiger charge is 2.33. The predicted molar refractivity (Wildman–Crippen MR) is 79.5 cm³/mol. The van der Waals surface area contributed by atoms with Gasteiger partial charge in [0.2, 0.25) is 0 Å². The van der Waals surface area contributed by atoms with Crippen LogP contribution in [0.2, 0.25) is 0 Å². The molecular weight excluding hydrogens is 273 g/mol. The molecule has 1 aliphatic heterocycles. The normalized spacial score (nSPS) is 20.2. The molecule has 0 aromatic heterocycles. The summed E-state index contributed by atoms with van der Waals surface area (Å²) in [5.74, 6) is 0. The summed E-state index contributed by atoms with van der Waals surface area (Å²) in [5.41, 5.74) is 3.42. The third-order valence-corrected chi connectivity index (χ3v) is 3.01. The zero-order valence-electron chi connectivity index (χ0n) is 12.7. The molecule has 1 N–H and O–H groups in total. The quantitative estimate of drug-likeness (QED) is 0.852.